The summed E-state index contributed by atoms with van der Waals surface area (Å²) in [6, 6.07) is 11.7. The van der Waals surface area contributed by atoms with Crippen LogP contribution in [0.1, 0.15) is 29.9 Å². The number of nitrogens with zero attached hydrogens (tertiary/aromatic N) is 3. The second-order valence-electron chi connectivity index (χ2n) is 6.40. The third kappa shape index (κ3) is 5.71. The Kier molecular flexibility index (Phi) is 7.16. The minimum Gasteiger partial charge on any atom is -0.492 e. The number of aryl methyl sites for hydroxylation is 1. The summed E-state index contributed by atoms with van der Waals surface area (Å²) in [5.41, 5.74) is 2.26. The first-order valence-electron chi connectivity index (χ1n) is 8.69. The van der Waals surface area contributed by atoms with E-state index in [1.54, 1.807) is 18.7 Å². The summed E-state index contributed by atoms with van der Waals surface area (Å²) in [4.78, 5) is 4.03. The molecule has 1 atom stereocenters. The zero-order valence-electron chi connectivity index (χ0n) is 14.9. The minimum atomic E-state index is 0.196. The summed E-state index contributed by atoms with van der Waals surface area (Å²) in [5.74, 6) is 1.06. The predicted molar refractivity (Wildman–Crippen MR) is 113 cm³/mol. The lowest BCUT2D eigenvalue weighted by Crippen LogP contribution is -2.12. The first-order valence-corrected chi connectivity index (χ1v) is 10.2. The van der Waals surface area contributed by atoms with Crippen LogP contribution in [0.15, 0.2) is 53.5 Å². The molecular formula is C20H20BrCl2N3O. The number of halogens is 3. The summed E-state index contributed by atoms with van der Waals surface area (Å²) < 4.78 is 8.73. The van der Waals surface area contributed by atoms with Crippen molar-refractivity contribution in [1.82, 2.24) is 14.8 Å². The molecule has 0 spiro atoms. The van der Waals surface area contributed by atoms with Crippen LogP contribution >= 0.6 is 39.1 Å². The van der Waals surface area contributed by atoms with Gasteiger partial charge in [0.15, 0.2) is 0 Å². The van der Waals surface area contributed by atoms with Crippen LogP contribution in [0.25, 0.3) is 0 Å². The quantitative estimate of drug-likeness (QED) is 0.364. The zero-order valence-corrected chi connectivity index (χ0v) is 18.0. The highest BCUT2D eigenvalue weighted by Crippen LogP contribution is 2.32. The van der Waals surface area contributed by atoms with Gasteiger partial charge < -0.3 is 4.74 Å². The van der Waals surface area contributed by atoms with E-state index < -0.39 is 0 Å². The Labute approximate surface area is 177 Å². The van der Waals surface area contributed by atoms with Crippen molar-refractivity contribution in [2.75, 3.05) is 6.61 Å². The average Bonchev–Trinajstić information content (AvgIpc) is 3.12. The van der Waals surface area contributed by atoms with Gasteiger partial charge in [0.1, 0.15) is 18.4 Å². The Balaban J connectivity index is 1.64. The fourth-order valence-corrected chi connectivity index (χ4v) is 4.14. The standard InChI is InChI=1S/C20H20BrCl2N3O/c1-14-4-7-20(18(21)9-14)27-8-2-3-15(11-26-13-24-12-25-26)17-6-5-16(22)10-19(17)23/h4-7,9-10,12-13,15H,2-3,8,11H2,1H3. The van der Waals surface area contributed by atoms with Crippen LogP contribution in [0.5, 0.6) is 5.75 Å². The highest BCUT2D eigenvalue weighted by molar-refractivity contribution is 9.10. The average molecular weight is 469 g/mol. The lowest BCUT2D eigenvalue weighted by molar-refractivity contribution is 0.295. The largest absolute Gasteiger partial charge is 0.492 e. The second kappa shape index (κ2) is 9.58. The Morgan fingerprint density at radius 2 is 2.04 bits per heavy atom. The van der Waals surface area contributed by atoms with Gasteiger partial charge in [0, 0.05) is 22.5 Å². The summed E-state index contributed by atoms with van der Waals surface area (Å²) in [6.07, 6.45) is 5.05. The Morgan fingerprint density at radius 1 is 1.19 bits per heavy atom. The predicted octanol–water partition coefficient (Wildman–Crippen LogP) is 6.30. The van der Waals surface area contributed by atoms with Crippen molar-refractivity contribution in [2.24, 2.45) is 0 Å². The van der Waals surface area contributed by atoms with Crippen LogP contribution in [0.3, 0.4) is 0 Å². The molecular weight excluding hydrogens is 449 g/mol. The third-order valence-corrected chi connectivity index (χ3v) is 5.50. The first kappa shape index (κ1) is 20.2. The molecule has 2 aromatic carbocycles. The van der Waals surface area contributed by atoms with Crippen molar-refractivity contribution >= 4 is 39.1 Å². The lowest BCUT2D eigenvalue weighted by atomic mass is 9.94. The maximum Gasteiger partial charge on any atom is 0.137 e. The topological polar surface area (TPSA) is 39.9 Å². The van der Waals surface area contributed by atoms with Gasteiger partial charge in [0.05, 0.1) is 11.1 Å². The van der Waals surface area contributed by atoms with Crippen LogP contribution in [-0.2, 0) is 6.54 Å². The monoisotopic (exact) mass is 467 g/mol. The molecule has 0 fully saturated rings. The van der Waals surface area contributed by atoms with Crippen molar-refractivity contribution in [3.8, 4) is 5.75 Å². The third-order valence-electron chi connectivity index (χ3n) is 4.32. The van der Waals surface area contributed by atoms with E-state index in [0.717, 1.165) is 28.6 Å². The van der Waals surface area contributed by atoms with Gasteiger partial charge in [0.25, 0.3) is 0 Å². The smallest absolute Gasteiger partial charge is 0.137 e. The molecule has 0 aliphatic carbocycles. The first-order chi connectivity index (χ1) is 13.0. The molecule has 0 saturated carbocycles. The van der Waals surface area contributed by atoms with Crippen LogP contribution in [0.2, 0.25) is 10.0 Å². The molecule has 0 bridgehead atoms. The second-order valence-corrected chi connectivity index (χ2v) is 8.10. The molecule has 0 saturated heterocycles. The van der Waals surface area contributed by atoms with Gasteiger partial charge in [-0.15, -0.1) is 0 Å². The van der Waals surface area contributed by atoms with E-state index in [-0.39, 0.29) is 5.92 Å². The molecule has 1 heterocycles. The van der Waals surface area contributed by atoms with Crippen molar-refractivity contribution in [2.45, 2.75) is 32.2 Å². The molecule has 0 amide bonds. The Morgan fingerprint density at radius 3 is 2.74 bits per heavy atom. The van der Waals surface area contributed by atoms with E-state index in [2.05, 4.69) is 39.0 Å². The van der Waals surface area contributed by atoms with Crippen LogP contribution in [-0.4, -0.2) is 21.4 Å². The van der Waals surface area contributed by atoms with Crippen molar-refractivity contribution < 1.29 is 4.74 Å². The van der Waals surface area contributed by atoms with Crippen LogP contribution < -0.4 is 4.74 Å². The lowest BCUT2D eigenvalue weighted by Gasteiger charge is -2.19. The van der Waals surface area contributed by atoms with Gasteiger partial charge in [-0.25, -0.2) is 4.98 Å². The molecule has 1 unspecified atom stereocenters. The summed E-state index contributed by atoms with van der Waals surface area (Å²) in [5, 5.41) is 5.53. The molecule has 27 heavy (non-hydrogen) atoms. The number of aromatic nitrogens is 3. The molecule has 1 aromatic heterocycles. The summed E-state index contributed by atoms with van der Waals surface area (Å²) >= 11 is 16.0. The Bertz CT molecular complexity index is 887. The summed E-state index contributed by atoms with van der Waals surface area (Å²) in [7, 11) is 0. The number of benzene rings is 2. The highest BCUT2D eigenvalue weighted by Gasteiger charge is 2.16. The molecule has 0 N–H and O–H groups in total. The van der Waals surface area contributed by atoms with Gasteiger partial charge >= 0.3 is 0 Å². The van der Waals surface area contributed by atoms with Gasteiger partial charge in [-0.05, 0) is 71.1 Å². The van der Waals surface area contributed by atoms with Gasteiger partial charge in [0.2, 0.25) is 0 Å². The molecule has 4 nitrogen and oxygen atoms in total. The van der Waals surface area contributed by atoms with E-state index >= 15 is 0 Å². The molecule has 142 valence electrons. The maximum atomic E-state index is 6.44. The minimum absolute atomic E-state index is 0.196. The van der Waals surface area contributed by atoms with Crippen LogP contribution in [0, 0.1) is 6.92 Å². The van der Waals surface area contributed by atoms with Crippen molar-refractivity contribution in [1.29, 1.82) is 0 Å². The molecule has 3 aromatic rings. The normalized spacial score (nSPS) is 12.1. The molecule has 0 aliphatic heterocycles. The van der Waals surface area contributed by atoms with E-state index in [0.29, 0.717) is 23.2 Å². The molecule has 3 rings (SSSR count). The van der Waals surface area contributed by atoms with Gasteiger partial charge in [-0.2, -0.15) is 5.10 Å². The number of hydrogen-bond donors (Lipinski definition) is 0. The van der Waals surface area contributed by atoms with E-state index in [1.807, 2.05) is 28.9 Å². The SMILES string of the molecule is Cc1ccc(OCCCC(Cn2cncn2)c2ccc(Cl)cc2Cl)c(Br)c1. The van der Waals surface area contributed by atoms with E-state index in [1.165, 1.54) is 5.56 Å². The van der Waals surface area contributed by atoms with E-state index in [4.69, 9.17) is 27.9 Å². The maximum absolute atomic E-state index is 6.44. The van der Waals surface area contributed by atoms with Crippen LogP contribution in [0.4, 0.5) is 0 Å². The fourth-order valence-electron chi connectivity index (χ4n) is 2.97. The molecule has 7 heteroatoms. The highest BCUT2D eigenvalue weighted by atomic mass is 79.9. The fraction of sp³-hybridized carbons (Fsp3) is 0.300. The summed E-state index contributed by atoms with van der Waals surface area (Å²) in [6.45, 7) is 3.38. The molecule has 0 radical (unpaired) electrons. The molecule has 0 aliphatic rings. The van der Waals surface area contributed by atoms with Crippen molar-refractivity contribution in [3.63, 3.8) is 0 Å². The number of rotatable bonds is 8. The van der Waals surface area contributed by atoms with Gasteiger partial charge in [-0.3, -0.25) is 4.68 Å². The number of hydrogen-bond acceptors (Lipinski definition) is 3. The van der Waals surface area contributed by atoms with Crippen molar-refractivity contribution in [3.05, 3.63) is 74.7 Å². The zero-order chi connectivity index (χ0) is 19.2. The van der Waals surface area contributed by atoms with Gasteiger partial charge in [-0.1, -0.05) is 35.3 Å². The number of ether oxygens (including phenoxy) is 1. The Hall–Kier alpha value is -1.56. The van der Waals surface area contributed by atoms with E-state index in [9.17, 15) is 0 Å².